The van der Waals surface area contributed by atoms with Crippen molar-refractivity contribution < 1.29 is 22.9 Å². The fourth-order valence-electron chi connectivity index (χ4n) is 4.27. The lowest BCUT2D eigenvalue weighted by molar-refractivity contribution is -0.384. The summed E-state index contributed by atoms with van der Waals surface area (Å²) in [5, 5.41) is 14.3. The molecule has 0 fully saturated rings. The van der Waals surface area contributed by atoms with Crippen molar-refractivity contribution in [3.63, 3.8) is 0 Å². The fourth-order valence-corrected chi connectivity index (χ4v) is 5.70. The average Bonchev–Trinajstić information content (AvgIpc) is 2.83. The van der Waals surface area contributed by atoms with Gasteiger partial charge in [-0.05, 0) is 45.0 Å². The van der Waals surface area contributed by atoms with Crippen molar-refractivity contribution in [1.82, 2.24) is 5.32 Å². The summed E-state index contributed by atoms with van der Waals surface area (Å²) in [4.78, 5) is 24.0. The van der Waals surface area contributed by atoms with Gasteiger partial charge in [-0.3, -0.25) is 19.2 Å². The van der Waals surface area contributed by atoms with Crippen LogP contribution in [-0.4, -0.2) is 31.4 Å². The van der Waals surface area contributed by atoms with Crippen molar-refractivity contribution in [3.05, 3.63) is 94.0 Å². The van der Waals surface area contributed by atoms with Gasteiger partial charge < -0.3 is 10.1 Å². The summed E-state index contributed by atoms with van der Waals surface area (Å²) in [6.45, 7) is 5.22. The number of nitrogens with one attached hydrogen (secondary N) is 1. The number of amides is 1. The first-order valence-corrected chi connectivity index (χ1v) is 12.8. The highest BCUT2D eigenvalue weighted by Crippen LogP contribution is 2.40. The van der Waals surface area contributed by atoms with Gasteiger partial charge in [-0.25, -0.2) is 8.42 Å². The lowest BCUT2D eigenvalue weighted by Gasteiger charge is -2.38. The number of carbonyl (C=O) groups excluding carboxylic acids is 1. The van der Waals surface area contributed by atoms with E-state index >= 15 is 0 Å². The maximum Gasteiger partial charge on any atom is 0.271 e. The van der Waals surface area contributed by atoms with Gasteiger partial charge in [0.2, 0.25) is 5.91 Å². The maximum absolute atomic E-state index is 13.5. The van der Waals surface area contributed by atoms with E-state index in [0.717, 1.165) is 21.5 Å². The molecular formula is C26H27N3O6S. The molecule has 0 saturated heterocycles. The van der Waals surface area contributed by atoms with Crippen molar-refractivity contribution in [2.75, 3.05) is 10.8 Å². The largest absolute Gasteiger partial charge is 0.487 e. The summed E-state index contributed by atoms with van der Waals surface area (Å²) in [6, 6.07) is 18.2. The van der Waals surface area contributed by atoms with Gasteiger partial charge in [0.15, 0.2) is 0 Å². The first-order chi connectivity index (χ1) is 17.0. The van der Waals surface area contributed by atoms with Gasteiger partial charge in [-0.15, -0.1) is 0 Å². The average molecular weight is 510 g/mol. The van der Waals surface area contributed by atoms with Gasteiger partial charge in [0.25, 0.3) is 15.7 Å². The van der Waals surface area contributed by atoms with Crippen molar-refractivity contribution in [3.8, 4) is 5.75 Å². The first kappa shape index (κ1) is 25.2. The zero-order valence-corrected chi connectivity index (χ0v) is 21.0. The molecule has 36 heavy (non-hydrogen) atoms. The van der Waals surface area contributed by atoms with Crippen molar-refractivity contribution >= 4 is 27.3 Å². The number of rotatable bonds is 7. The number of nitro groups is 1. The van der Waals surface area contributed by atoms with Crippen LogP contribution in [0.4, 0.5) is 11.4 Å². The minimum atomic E-state index is -4.20. The smallest absolute Gasteiger partial charge is 0.271 e. The number of anilines is 1. The van der Waals surface area contributed by atoms with Gasteiger partial charge in [-0.2, -0.15) is 0 Å². The standard InChI is InChI=1S/C26H27N3O6S/c1-18-12-13-24-22(14-18)23(16-26(2,3)35-24)27-25(30)17-28(19-8-7-9-20(15-19)29(31)32)36(33,34)21-10-5-4-6-11-21/h4-15,23H,16-17H2,1-3H3,(H,27,30). The van der Waals surface area contributed by atoms with E-state index in [1.165, 1.54) is 30.3 Å². The van der Waals surface area contributed by atoms with Gasteiger partial charge in [0.1, 0.15) is 17.9 Å². The summed E-state index contributed by atoms with van der Waals surface area (Å²) < 4.78 is 34.0. The Morgan fingerprint density at radius 1 is 1.11 bits per heavy atom. The predicted molar refractivity (Wildman–Crippen MR) is 135 cm³/mol. The first-order valence-electron chi connectivity index (χ1n) is 11.4. The molecule has 0 radical (unpaired) electrons. The van der Waals surface area contributed by atoms with Crippen LogP contribution in [0.2, 0.25) is 0 Å². The van der Waals surface area contributed by atoms with Crippen LogP contribution in [0.1, 0.15) is 37.4 Å². The lowest BCUT2D eigenvalue weighted by Crippen LogP contribution is -2.45. The van der Waals surface area contributed by atoms with E-state index in [0.29, 0.717) is 12.2 Å². The molecule has 1 N–H and O–H groups in total. The van der Waals surface area contributed by atoms with E-state index < -0.39 is 39.0 Å². The monoisotopic (exact) mass is 509 g/mol. The Morgan fingerprint density at radius 2 is 1.83 bits per heavy atom. The molecule has 1 aliphatic rings. The molecule has 10 heteroatoms. The summed E-state index contributed by atoms with van der Waals surface area (Å²) in [5.74, 6) is 0.116. The highest BCUT2D eigenvalue weighted by molar-refractivity contribution is 7.92. The molecule has 3 aromatic carbocycles. The number of hydrogen-bond donors (Lipinski definition) is 1. The number of nitro benzene ring substituents is 1. The third-order valence-corrected chi connectivity index (χ3v) is 7.69. The van der Waals surface area contributed by atoms with Gasteiger partial charge in [0, 0.05) is 24.1 Å². The molecule has 4 rings (SSSR count). The molecule has 188 valence electrons. The Kier molecular flexibility index (Phi) is 6.73. The van der Waals surface area contributed by atoms with E-state index in [9.17, 15) is 23.3 Å². The van der Waals surface area contributed by atoms with Crippen LogP contribution in [0.25, 0.3) is 0 Å². The number of carbonyl (C=O) groups is 1. The molecule has 0 saturated carbocycles. The quantitative estimate of drug-likeness (QED) is 0.370. The highest BCUT2D eigenvalue weighted by atomic mass is 32.2. The molecule has 0 bridgehead atoms. The van der Waals surface area contributed by atoms with E-state index in [1.807, 2.05) is 39.0 Å². The van der Waals surface area contributed by atoms with Crippen LogP contribution < -0.4 is 14.4 Å². The maximum atomic E-state index is 13.5. The Bertz CT molecular complexity index is 1410. The molecule has 9 nitrogen and oxygen atoms in total. The van der Waals surface area contributed by atoms with E-state index in [-0.39, 0.29) is 16.3 Å². The summed E-state index contributed by atoms with van der Waals surface area (Å²) >= 11 is 0. The predicted octanol–water partition coefficient (Wildman–Crippen LogP) is 4.52. The van der Waals surface area contributed by atoms with Gasteiger partial charge in [-0.1, -0.05) is 42.0 Å². The van der Waals surface area contributed by atoms with E-state index in [4.69, 9.17) is 4.74 Å². The summed E-state index contributed by atoms with van der Waals surface area (Å²) in [6.07, 6.45) is 0.484. The van der Waals surface area contributed by atoms with Crippen molar-refractivity contribution in [2.24, 2.45) is 0 Å². The second-order valence-corrected chi connectivity index (χ2v) is 11.2. The number of benzene rings is 3. The molecule has 3 aromatic rings. The third-order valence-electron chi connectivity index (χ3n) is 5.90. The molecule has 1 aliphatic heterocycles. The molecule has 0 spiro atoms. The Labute approximate surface area is 209 Å². The van der Waals surface area contributed by atoms with Crippen molar-refractivity contribution in [2.45, 2.75) is 43.7 Å². The zero-order valence-electron chi connectivity index (χ0n) is 20.2. The van der Waals surface area contributed by atoms with Gasteiger partial charge in [0.05, 0.1) is 21.5 Å². The molecule has 0 aliphatic carbocycles. The summed E-state index contributed by atoms with van der Waals surface area (Å²) in [5.41, 5.74) is 1.01. The minimum absolute atomic E-state index is 0.0201. The molecular weight excluding hydrogens is 482 g/mol. The topological polar surface area (TPSA) is 119 Å². The molecule has 1 atom stereocenters. The van der Waals surface area contributed by atoms with Crippen LogP contribution in [0.3, 0.4) is 0 Å². The third kappa shape index (κ3) is 5.33. The minimum Gasteiger partial charge on any atom is -0.487 e. The fraction of sp³-hybridized carbons (Fsp3) is 0.269. The number of hydrogen-bond acceptors (Lipinski definition) is 6. The Morgan fingerprint density at radius 3 is 2.53 bits per heavy atom. The van der Waals surface area contributed by atoms with E-state index in [2.05, 4.69) is 5.32 Å². The second-order valence-electron chi connectivity index (χ2n) is 9.33. The molecule has 1 heterocycles. The van der Waals surface area contributed by atoms with Crippen LogP contribution in [0.5, 0.6) is 5.75 Å². The van der Waals surface area contributed by atoms with Gasteiger partial charge >= 0.3 is 0 Å². The van der Waals surface area contributed by atoms with Crippen molar-refractivity contribution in [1.29, 1.82) is 0 Å². The number of nitrogens with zero attached hydrogens (tertiary/aromatic N) is 2. The highest BCUT2D eigenvalue weighted by Gasteiger charge is 2.36. The van der Waals surface area contributed by atoms with Crippen LogP contribution in [-0.2, 0) is 14.8 Å². The Hall–Kier alpha value is -3.92. The summed E-state index contributed by atoms with van der Waals surface area (Å²) in [7, 11) is -4.20. The van der Waals surface area contributed by atoms with Crippen LogP contribution >= 0.6 is 0 Å². The zero-order chi connectivity index (χ0) is 26.1. The number of aryl methyl sites for hydroxylation is 1. The SMILES string of the molecule is Cc1ccc2c(c1)C(NC(=O)CN(c1cccc([N+](=O)[O-])c1)S(=O)(=O)c1ccccc1)CC(C)(C)O2. The number of fused-ring (bicyclic) bond motifs is 1. The van der Waals surface area contributed by atoms with Crippen LogP contribution in [0, 0.1) is 17.0 Å². The second kappa shape index (κ2) is 9.62. The normalized spacial score (nSPS) is 16.4. The molecule has 1 amide bonds. The molecule has 0 aromatic heterocycles. The molecule has 1 unspecified atom stereocenters. The number of non-ortho nitro benzene ring substituents is 1. The number of sulfonamides is 1. The van der Waals surface area contributed by atoms with E-state index in [1.54, 1.807) is 18.2 Å². The number of ether oxygens (including phenoxy) is 1. The Balaban J connectivity index is 1.68. The lowest BCUT2D eigenvalue weighted by atomic mass is 9.89. The van der Waals surface area contributed by atoms with Crippen LogP contribution in [0.15, 0.2) is 77.7 Å².